The zero-order valence-electron chi connectivity index (χ0n) is 11.5. The highest BCUT2D eigenvalue weighted by molar-refractivity contribution is 7.10. The molecule has 118 valence electrons. The number of halogens is 3. The maximum atomic E-state index is 12.7. The molecule has 1 aliphatic rings. The fraction of sp³-hybridized carbons (Fsp3) is 0.615. The summed E-state index contributed by atoms with van der Waals surface area (Å²) in [5.41, 5.74) is -1.60. The topological polar surface area (TPSA) is 52.6 Å². The lowest BCUT2D eigenvalue weighted by atomic mass is 9.91. The van der Waals surface area contributed by atoms with Gasteiger partial charge in [-0.25, -0.2) is 4.79 Å². The van der Waals surface area contributed by atoms with E-state index in [-0.39, 0.29) is 13.1 Å². The highest BCUT2D eigenvalue weighted by atomic mass is 32.1. The zero-order valence-corrected chi connectivity index (χ0v) is 12.4. The Morgan fingerprint density at radius 1 is 1.48 bits per heavy atom. The van der Waals surface area contributed by atoms with Gasteiger partial charge in [0.25, 0.3) is 0 Å². The molecule has 0 aromatic carbocycles. The van der Waals surface area contributed by atoms with E-state index in [0.29, 0.717) is 6.54 Å². The fourth-order valence-electron chi connectivity index (χ4n) is 2.22. The first kappa shape index (κ1) is 16.1. The van der Waals surface area contributed by atoms with E-state index in [1.165, 1.54) is 16.2 Å². The molecule has 0 bridgehead atoms. The van der Waals surface area contributed by atoms with Crippen molar-refractivity contribution in [2.24, 2.45) is 0 Å². The van der Waals surface area contributed by atoms with Crippen LogP contribution in [-0.2, 0) is 6.54 Å². The second kappa shape index (κ2) is 5.84. The number of carbonyl (C=O) groups is 1. The second-order valence-electron chi connectivity index (χ2n) is 5.20. The molecule has 0 radical (unpaired) electrons. The molecule has 1 aliphatic heterocycles. The molecule has 2 heterocycles. The predicted molar refractivity (Wildman–Crippen MR) is 73.1 cm³/mol. The number of likely N-dealkylation sites (tertiary alicyclic amines) is 1. The van der Waals surface area contributed by atoms with E-state index in [1.54, 1.807) is 0 Å². The lowest BCUT2D eigenvalue weighted by Crippen LogP contribution is -2.55. The maximum absolute atomic E-state index is 12.7. The molecule has 1 saturated heterocycles. The Labute approximate surface area is 124 Å². The average molecular weight is 322 g/mol. The van der Waals surface area contributed by atoms with E-state index in [1.807, 2.05) is 18.4 Å². The minimum absolute atomic E-state index is 0.106. The summed E-state index contributed by atoms with van der Waals surface area (Å²) in [6, 6.07) is 1.54. The van der Waals surface area contributed by atoms with Crippen LogP contribution in [0.3, 0.4) is 0 Å². The molecule has 0 aliphatic carbocycles. The van der Waals surface area contributed by atoms with Crippen LogP contribution >= 0.6 is 11.3 Å². The zero-order chi connectivity index (χ0) is 15.7. The van der Waals surface area contributed by atoms with E-state index >= 15 is 0 Å². The van der Waals surface area contributed by atoms with Gasteiger partial charge in [0.15, 0.2) is 5.60 Å². The number of nitrogens with zero attached hydrogens (tertiary/aromatic N) is 1. The van der Waals surface area contributed by atoms with E-state index < -0.39 is 30.7 Å². The number of alkyl halides is 3. The van der Waals surface area contributed by atoms with E-state index in [0.717, 1.165) is 10.4 Å². The first-order valence-corrected chi connectivity index (χ1v) is 7.46. The van der Waals surface area contributed by atoms with Crippen molar-refractivity contribution in [2.45, 2.75) is 38.1 Å². The molecule has 8 heteroatoms. The molecule has 1 fully saturated rings. The molecular weight excluding hydrogens is 305 g/mol. The molecular formula is C13H17F3N2O2S. The van der Waals surface area contributed by atoms with Crippen LogP contribution in [0.1, 0.15) is 23.3 Å². The monoisotopic (exact) mass is 322 g/mol. The Hall–Kier alpha value is -1.28. The van der Waals surface area contributed by atoms with Gasteiger partial charge in [-0.2, -0.15) is 13.2 Å². The van der Waals surface area contributed by atoms with Crippen molar-refractivity contribution >= 4 is 17.4 Å². The molecule has 0 saturated carbocycles. The summed E-state index contributed by atoms with van der Waals surface area (Å²) in [6.45, 7) is 2.08. The van der Waals surface area contributed by atoms with Crippen molar-refractivity contribution in [3.05, 3.63) is 21.9 Å². The minimum Gasteiger partial charge on any atom is -0.380 e. The summed E-state index contributed by atoms with van der Waals surface area (Å²) in [5.74, 6) is 0. The maximum Gasteiger partial charge on any atom is 0.417 e. The molecule has 0 unspecified atom stereocenters. The lowest BCUT2D eigenvalue weighted by molar-refractivity contribution is -0.271. The van der Waals surface area contributed by atoms with Crippen LogP contribution < -0.4 is 5.32 Å². The van der Waals surface area contributed by atoms with Gasteiger partial charge in [0.2, 0.25) is 0 Å². The third-order valence-corrected chi connectivity index (χ3v) is 4.80. The van der Waals surface area contributed by atoms with Crippen LogP contribution in [0.25, 0.3) is 0 Å². The summed E-state index contributed by atoms with van der Waals surface area (Å²) in [7, 11) is 0. The van der Waals surface area contributed by atoms with Crippen molar-refractivity contribution in [3.8, 4) is 0 Å². The van der Waals surface area contributed by atoms with Crippen LogP contribution in [0.4, 0.5) is 18.0 Å². The van der Waals surface area contributed by atoms with Gasteiger partial charge >= 0.3 is 12.2 Å². The van der Waals surface area contributed by atoms with Crippen LogP contribution in [0.5, 0.6) is 0 Å². The van der Waals surface area contributed by atoms with Crippen molar-refractivity contribution < 1.29 is 23.1 Å². The molecule has 4 nitrogen and oxygen atoms in total. The van der Waals surface area contributed by atoms with Gasteiger partial charge in [0, 0.05) is 30.8 Å². The third-order valence-electron chi connectivity index (χ3n) is 3.77. The number of aryl methyl sites for hydroxylation is 1. The Morgan fingerprint density at radius 3 is 2.57 bits per heavy atom. The second-order valence-corrected chi connectivity index (χ2v) is 6.20. The van der Waals surface area contributed by atoms with Crippen molar-refractivity contribution in [1.29, 1.82) is 0 Å². The van der Waals surface area contributed by atoms with Gasteiger partial charge in [-0.3, -0.25) is 0 Å². The summed E-state index contributed by atoms with van der Waals surface area (Å²) in [6.07, 6.45) is -5.62. The van der Waals surface area contributed by atoms with Gasteiger partial charge in [-0.15, -0.1) is 11.3 Å². The van der Waals surface area contributed by atoms with E-state index in [4.69, 9.17) is 0 Å². The number of thiophene rings is 1. The molecule has 1 aromatic rings. The van der Waals surface area contributed by atoms with Crippen LogP contribution in [0.2, 0.25) is 0 Å². The third kappa shape index (κ3) is 3.49. The van der Waals surface area contributed by atoms with Crippen molar-refractivity contribution in [2.75, 3.05) is 13.1 Å². The number of amides is 2. The molecule has 1 aromatic heterocycles. The fourth-order valence-corrected chi connectivity index (χ4v) is 3.06. The van der Waals surface area contributed by atoms with Gasteiger partial charge in [0.05, 0.1) is 6.54 Å². The van der Waals surface area contributed by atoms with Gasteiger partial charge < -0.3 is 15.3 Å². The minimum atomic E-state index is -4.65. The Morgan fingerprint density at radius 2 is 2.10 bits per heavy atom. The molecule has 21 heavy (non-hydrogen) atoms. The van der Waals surface area contributed by atoms with E-state index in [2.05, 4.69) is 5.32 Å². The number of hydrogen-bond donors (Lipinski definition) is 2. The van der Waals surface area contributed by atoms with Crippen LogP contribution in [0.15, 0.2) is 11.4 Å². The highest BCUT2D eigenvalue weighted by Crippen LogP contribution is 2.38. The lowest BCUT2D eigenvalue weighted by Gasteiger charge is -2.38. The molecule has 2 amide bonds. The highest BCUT2D eigenvalue weighted by Gasteiger charge is 2.54. The summed E-state index contributed by atoms with van der Waals surface area (Å²) < 4.78 is 38.0. The normalized spacial score (nSPS) is 18.6. The molecule has 0 atom stereocenters. The average Bonchev–Trinajstić information content (AvgIpc) is 2.81. The smallest absolute Gasteiger partial charge is 0.380 e. The first-order valence-electron chi connectivity index (χ1n) is 6.58. The largest absolute Gasteiger partial charge is 0.417 e. The summed E-state index contributed by atoms with van der Waals surface area (Å²) in [5, 5.41) is 14.2. The Balaban J connectivity index is 1.85. The van der Waals surface area contributed by atoms with Gasteiger partial charge in [0.1, 0.15) is 0 Å². The van der Waals surface area contributed by atoms with Crippen molar-refractivity contribution in [1.82, 2.24) is 10.2 Å². The summed E-state index contributed by atoms with van der Waals surface area (Å²) >= 11 is 1.52. The number of carbonyl (C=O) groups excluding carboxylic acids is 1. The van der Waals surface area contributed by atoms with Gasteiger partial charge in [-0.1, -0.05) is 0 Å². The van der Waals surface area contributed by atoms with Crippen molar-refractivity contribution in [3.63, 3.8) is 0 Å². The number of rotatable bonds is 2. The molecule has 0 spiro atoms. The Kier molecular flexibility index (Phi) is 4.48. The van der Waals surface area contributed by atoms with Crippen LogP contribution in [-0.4, -0.2) is 40.9 Å². The molecule has 2 N–H and O–H groups in total. The number of aliphatic hydroxyl groups is 1. The number of hydrogen-bond acceptors (Lipinski definition) is 3. The number of piperidine rings is 1. The molecule has 2 rings (SSSR count). The Bertz CT molecular complexity index is 508. The number of urea groups is 1. The van der Waals surface area contributed by atoms with Gasteiger partial charge in [-0.05, 0) is 23.9 Å². The first-order chi connectivity index (χ1) is 9.73. The summed E-state index contributed by atoms with van der Waals surface area (Å²) in [4.78, 5) is 14.3. The quantitative estimate of drug-likeness (QED) is 0.879. The number of nitrogens with one attached hydrogen (secondary N) is 1. The standard InChI is InChI=1S/C13H17F3N2O2S/c1-9-2-7-21-10(9)8-17-11(19)18-5-3-12(20,4-6-18)13(14,15)16/h2,7,20H,3-6,8H2,1H3,(H,17,19). The SMILES string of the molecule is Cc1ccsc1CNC(=O)N1CCC(O)(C(F)(F)F)CC1. The predicted octanol–water partition coefficient (Wildman–Crippen LogP) is 2.66. The van der Waals surface area contributed by atoms with Crippen LogP contribution in [0, 0.1) is 6.92 Å². The van der Waals surface area contributed by atoms with E-state index in [9.17, 15) is 23.1 Å².